The summed E-state index contributed by atoms with van der Waals surface area (Å²) in [4.78, 5) is 6.54. The number of aromatic nitrogens is 2. The van der Waals surface area contributed by atoms with E-state index in [0.29, 0.717) is 23.0 Å². The number of hydrogen-bond acceptors (Lipinski definition) is 5. The first-order chi connectivity index (χ1) is 9.46. The molecule has 2 N–H and O–H groups in total. The largest absolute Gasteiger partial charge is 0.497 e. The zero-order chi connectivity index (χ0) is 14.8. The Labute approximate surface area is 117 Å². The minimum atomic E-state index is -3.75. The highest BCUT2D eigenvalue weighted by Gasteiger charge is 2.19. The lowest BCUT2D eigenvalue weighted by atomic mass is 10.3. The van der Waals surface area contributed by atoms with Gasteiger partial charge in [0.1, 0.15) is 17.3 Å². The second-order valence-electron chi connectivity index (χ2n) is 4.00. The molecule has 0 radical (unpaired) electrons. The summed E-state index contributed by atoms with van der Waals surface area (Å²) in [5.41, 5.74) is 0.291. The predicted octanol–water partition coefficient (Wildman–Crippen LogP) is 1.54. The molecule has 2 aromatic rings. The second-order valence-corrected chi connectivity index (χ2v) is 5.66. The van der Waals surface area contributed by atoms with E-state index >= 15 is 0 Å². The number of aromatic amines is 1. The Morgan fingerprint density at radius 3 is 2.55 bits per heavy atom. The van der Waals surface area contributed by atoms with Gasteiger partial charge in [0.25, 0.3) is 10.0 Å². The van der Waals surface area contributed by atoms with Gasteiger partial charge in [0.2, 0.25) is 0 Å². The summed E-state index contributed by atoms with van der Waals surface area (Å²) in [5.74, 6) is 1.43. The number of nitrogens with zero attached hydrogens (tertiary/aromatic N) is 1. The molecule has 0 spiro atoms. The van der Waals surface area contributed by atoms with Crippen molar-refractivity contribution in [1.82, 2.24) is 9.97 Å². The van der Waals surface area contributed by atoms with Gasteiger partial charge >= 0.3 is 0 Å². The van der Waals surface area contributed by atoms with Crippen molar-refractivity contribution in [3.8, 4) is 11.5 Å². The van der Waals surface area contributed by atoms with Gasteiger partial charge in [-0.15, -0.1) is 0 Å². The molecule has 0 fully saturated rings. The first kappa shape index (κ1) is 14.2. The number of aryl methyl sites for hydroxylation is 1. The number of hydrogen-bond donors (Lipinski definition) is 2. The zero-order valence-electron chi connectivity index (χ0n) is 11.3. The SMILES string of the molecule is COc1ccc(OC)c(NS(=O)(=O)c2cnc(C)[nH]2)c1. The summed E-state index contributed by atoms with van der Waals surface area (Å²) in [5, 5.41) is -0.0140. The van der Waals surface area contributed by atoms with Crippen LogP contribution in [-0.4, -0.2) is 32.6 Å². The summed E-state index contributed by atoms with van der Waals surface area (Å²) >= 11 is 0. The van der Waals surface area contributed by atoms with E-state index in [-0.39, 0.29) is 5.03 Å². The summed E-state index contributed by atoms with van der Waals surface area (Å²) < 4.78 is 37.0. The summed E-state index contributed by atoms with van der Waals surface area (Å²) in [6.07, 6.45) is 1.25. The Hall–Kier alpha value is -2.22. The lowest BCUT2D eigenvalue weighted by molar-refractivity contribution is 0.405. The third-order valence-electron chi connectivity index (χ3n) is 2.62. The number of rotatable bonds is 5. The fourth-order valence-electron chi connectivity index (χ4n) is 1.63. The van der Waals surface area contributed by atoms with Crippen molar-refractivity contribution in [2.24, 2.45) is 0 Å². The van der Waals surface area contributed by atoms with Crippen LogP contribution in [0.2, 0.25) is 0 Å². The van der Waals surface area contributed by atoms with Gasteiger partial charge in [0.15, 0.2) is 5.03 Å². The molecule has 0 aliphatic heterocycles. The Morgan fingerprint density at radius 1 is 1.25 bits per heavy atom. The van der Waals surface area contributed by atoms with Crippen LogP contribution in [-0.2, 0) is 10.0 Å². The number of nitrogens with one attached hydrogen (secondary N) is 2. The first-order valence-corrected chi connectivity index (χ1v) is 7.21. The molecular weight excluding hydrogens is 282 g/mol. The van der Waals surface area contributed by atoms with Gasteiger partial charge < -0.3 is 14.5 Å². The molecule has 0 bridgehead atoms. The fraction of sp³-hybridized carbons (Fsp3) is 0.250. The number of benzene rings is 1. The second kappa shape index (κ2) is 5.41. The molecule has 20 heavy (non-hydrogen) atoms. The summed E-state index contributed by atoms with van der Waals surface area (Å²) in [7, 11) is -0.797. The van der Waals surface area contributed by atoms with E-state index in [9.17, 15) is 8.42 Å². The molecule has 1 heterocycles. The van der Waals surface area contributed by atoms with Crippen molar-refractivity contribution in [3.05, 3.63) is 30.2 Å². The molecule has 2 rings (SSSR count). The van der Waals surface area contributed by atoms with Crippen LogP contribution < -0.4 is 14.2 Å². The third-order valence-corrected chi connectivity index (χ3v) is 3.90. The van der Waals surface area contributed by atoms with Crippen LogP contribution in [0.15, 0.2) is 29.4 Å². The van der Waals surface area contributed by atoms with Crippen molar-refractivity contribution < 1.29 is 17.9 Å². The molecule has 1 aromatic heterocycles. The van der Waals surface area contributed by atoms with Crippen LogP contribution in [0.5, 0.6) is 11.5 Å². The topological polar surface area (TPSA) is 93.3 Å². The number of H-pyrrole nitrogens is 1. The number of methoxy groups -OCH3 is 2. The third kappa shape index (κ3) is 2.85. The van der Waals surface area contributed by atoms with Gasteiger partial charge in [0.05, 0.1) is 26.1 Å². The smallest absolute Gasteiger partial charge is 0.279 e. The van der Waals surface area contributed by atoms with Gasteiger partial charge in [-0.2, -0.15) is 8.42 Å². The molecule has 0 saturated carbocycles. The van der Waals surface area contributed by atoms with E-state index < -0.39 is 10.0 Å². The molecule has 0 saturated heterocycles. The lowest BCUT2D eigenvalue weighted by Gasteiger charge is -2.12. The number of anilines is 1. The normalized spacial score (nSPS) is 11.2. The molecule has 1 aromatic carbocycles. The maximum atomic E-state index is 12.2. The zero-order valence-corrected chi connectivity index (χ0v) is 12.1. The van der Waals surface area contributed by atoms with Gasteiger partial charge in [-0.1, -0.05) is 0 Å². The highest BCUT2D eigenvalue weighted by molar-refractivity contribution is 7.92. The number of ether oxygens (including phenoxy) is 2. The molecule has 0 atom stereocenters. The summed E-state index contributed by atoms with van der Waals surface area (Å²) in [6.45, 7) is 1.67. The van der Waals surface area contributed by atoms with Crippen molar-refractivity contribution in [1.29, 1.82) is 0 Å². The van der Waals surface area contributed by atoms with Crippen LogP contribution in [0.4, 0.5) is 5.69 Å². The van der Waals surface area contributed by atoms with E-state index in [4.69, 9.17) is 9.47 Å². The number of sulfonamides is 1. The van der Waals surface area contributed by atoms with Gasteiger partial charge in [-0.05, 0) is 19.1 Å². The van der Waals surface area contributed by atoms with Crippen molar-refractivity contribution in [2.75, 3.05) is 18.9 Å². The molecule has 0 aliphatic carbocycles. The highest BCUT2D eigenvalue weighted by atomic mass is 32.2. The van der Waals surface area contributed by atoms with Gasteiger partial charge in [-0.3, -0.25) is 4.72 Å². The van der Waals surface area contributed by atoms with E-state index in [1.54, 1.807) is 25.1 Å². The van der Waals surface area contributed by atoms with E-state index in [1.807, 2.05) is 0 Å². The van der Waals surface area contributed by atoms with Crippen molar-refractivity contribution in [2.45, 2.75) is 11.9 Å². The highest BCUT2D eigenvalue weighted by Crippen LogP contribution is 2.30. The van der Waals surface area contributed by atoms with Crippen molar-refractivity contribution in [3.63, 3.8) is 0 Å². The Kier molecular flexibility index (Phi) is 3.84. The van der Waals surface area contributed by atoms with Crippen LogP contribution in [0, 0.1) is 6.92 Å². The Balaban J connectivity index is 2.38. The molecule has 0 unspecified atom stereocenters. The van der Waals surface area contributed by atoms with Crippen LogP contribution in [0.25, 0.3) is 0 Å². The van der Waals surface area contributed by atoms with E-state index in [1.165, 1.54) is 20.4 Å². The predicted molar refractivity (Wildman–Crippen MR) is 73.7 cm³/mol. The van der Waals surface area contributed by atoms with Crippen molar-refractivity contribution >= 4 is 15.7 Å². The van der Waals surface area contributed by atoms with Gasteiger partial charge in [-0.25, -0.2) is 4.98 Å². The van der Waals surface area contributed by atoms with Crippen LogP contribution in [0.3, 0.4) is 0 Å². The van der Waals surface area contributed by atoms with E-state index in [0.717, 1.165) is 0 Å². The van der Waals surface area contributed by atoms with E-state index in [2.05, 4.69) is 14.7 Å². The Morgan fingerprint density at radius 2 is 2.00 bits per heavy atom. The maximum absolute atomic E-state index is 12.2. The maximum Gasteiger partial charge on any atom is 0.279 e. The average Bonchev–Trinajstić information content (AvgIpc) is 2.86. The standard InChI is InChI=1S/C12H15N3O4S/c1-8-13-7-12(14-8)20(16,17)15-10-6-9(18-2)4-5-11(10)19-3/h4-7,15H,1-3H3,(H,13,14). The quantitative estimate of drug-likeness (QED) is 0.873. The molecular formula is C12H15N3O4S. The first-order valence-electron chi connectivity index (χ1n) is 5.72. The minimum absolute atomic E-state index is 0.0140. The molecule has 108 valence electrons. The Bertz CT molecular complexity index is 709. The average molecular weight is 297 g/mol. The molecule has 0 amide bonds. The molecule has 8 heteroatoms. The van der Waals surface area contributed by atoms with Crippen LogP contribution in [0.1, 0.15) is 5.82 Å². The van der Waals surface area contributed by atoms with Gasteiger partial charge in [0, 0.05) is 6.07 Å². The fourth-order valence-corrected chi connectivity index (χ4v) is 2.66. The minimum Gasteiger partial charge on any atom is -0.497 e. The summed E-state index contributed by atoms with van der Waals surface area (Å²) in [6, 6.07) is 4.84. The molecule has 7 nitrogen and oxygen atoms in total. The number of imidazole rings is 1. The van der Waals surface area contributed by atoms with Crippen LogP contribution >= 0.6 is 0 Å². The monoisotopic (exact) mass is 297 g/mol. The molecule has 0 aliphatic rings. The lowest BCUT2D eigenvalue weighted by Crippen LogP contribution is -2.14.